The molecule has 15 heavy (non-hydrogen) atoms. The van der Waals surface area contributed by atoms with Crippen LogP contribution in [0.2, 0.25) is 0 Å². The Morgan fingerprint density at radius 1 is 1.47 bits per heavy atom. The first-order valence-corrected chi connectivity index (χ1v) is 6.05. The van der Waals surface area contributed by atoms with Crippen LogP contribution in [-0.4, -0.2) is 37.6 Å². The van der Waals surface area contributed by atoms with E-state index in [4.69, 9.17) is 5.26 Å². The first kappa shape index (κ1) is 12.5. The van der Waals surface area contributed by atoms with Crippen molar-refractivity contribution in [1.82, 2.24) is 10.2 Å². The van der Waals surface area contributed by atoms with Crippen LogP contribution in [0.25, 0.3) is 0 Å². The Labute approximate surface area is 93.5 Å². The van der Waals surface area contributed by atoms with Crippen LogP contribution in [0.4, 0.5) is 0 Å². The Kier molecular flexibility index (Phi) is 5.67. The van der Waals surface area contributed by atoms with Crippen molar-refractivity contribution in [3.63, 3.8) is 0 Å². The molecule has 1 aliphatic heterocycles. The zero-order valence-corrected chi connectivity index (χ0v) is 10.00. The average molecular weight is 209 g/mol. The van der Waals surface area contributed by atoms with Gasteiger partial charge in [-0.15, -0.1) is 0 Å². The molecule has 1 atom stereocenters. The molecule has 0 aromatic carbocycles. The van der Waals surface area contributed by atoms with E-state index < -0.39 is 0 Å². The fourth-order valence-corrected chi connectivity index (χ4v) is 2.34. The summed E-state index contributed by atoms with van der Waals surface area (Å²) in [6, 6.07) is 2.73. The Bertz CT molecular complexity index is 203. The van der Waals surface area contributed by atoms with Crippen molar-refractivity contribution in [2.24, 2.45) is 5.92 Å². The summed E-state index contributed by atoms with van der Waals surface area (Å²) < 4.78 is 0. The predicted molar refractivity (Wildman–Crippen MR) is 62.5 cm³/mol. The quantitative estimate of drug-likeness (QED) is 0.747. The molecule has 1 heterocycles. The van der Waals surface area contributed by atoms with E-state index in [-0.39, 0.29) is 0 Å². The molecule has 0 aliphatic carbocycles. The zero-order chi connectivity index (χ0) is 11.1. The van der Waals surface area contributed by atoms with E-state index in [1.54, 1.807) is 0 Å². The van der Waals surface area contributed by atoms with Crippen LogP contribution in [0.5, 0.6) is 0 Å². The number of piperidine rings is 1. The highest BCUT2D eigenvalue weighted by Gasteiger charge is 2.19. The lowest BCUT2D eigenvalue weighted by Crippen LogP contribution is -2.39. The van der Waals surface area contributed by atoms with Crippen LogP contribution in [0.15, 0.2) is 0 Å². The molecular weight excluding hydrogens is 186 g/mol. The Hall–Kier alpha value is -0.590. The minimum Gasteiger partial charge on any atom is -0.317 e. The van der Waals surface area contributed by atoms with Crippen LogP contribution < -0.4 is 5.32 Å². The third-order valence-electron chi connectivity index (χ3n) is 3.43. The van der Waals surface area contributed by atoms with Gasteiger partial charge in [0.1, 0.15) is 0 Å². The highest BCUT2D eigenvalue weighted by atomic mass is 15.1. The third-order valence-corrected chi connectivity index (χ3v) is 3.43. The molecule has 0 aromatic rings. The van der Waals surface area contributed by atoms with Crippen LogP contribution in [0.3, 0.4) is 0 Å². The fourth-order valence-electron chi connectivity index (χ4n) is 2.34. The van der Waals surface area contributed by atoms with E-state index in [1.165, 1.54) is 12.8 Å². The van der Waals surface area contributed by atoms with Gasteiger partial charge in [-0.3, -0.25) is 0 Å². The van der Waals surface area contributed by atoms with Crippen molar-refractivity contribution in [3.05, 3.63) is 0 Å². The highest BCUT2D eigenvalue weighted by Crippen LogP contribution is 2.15. The average Bonchev–Trinajstić information content (AvgIpc) is 2.27. The first-order chi connectivity index (χ1) is 7.27. The molecule has 1 unspecified atom stereocenters. The maximum atomic E-state index is 8.74. The maximum absolute atomic E-state index is 8.74. The van der Waals surface area contributed by atoms with Gasteiger partial charge in [-0.25, -0.2) is 0 Å². The van der Waals surface area contributed by atoms with Gasteiger partial charge in [0.25, 0.3) is 0 Å². The number of nitriles is 1. The number of nitrogens with one attached hydrogen (secondary N) is 1. The van der Waals surface area contributed by atoms with Crippen molar-refractivity contribution >= 4 is 0 Å². The second-order valence-electron chi connectivity index (χ2n) is 4.56. The smallest absolute Gasteiger partial charge is 0.0638 e. The van der Waals surface area contributed by atoms with Crippen LogP contribution >= 0.6 is 0 Å². The van der Waals surface area contributed by atoms with Crippen molar-refractivity contribution in [3.8, 4) is 6.07 Å². The van der Waals surface area contributed by atoms with Crippen LogP contribution in [0, 0.1) is 17.2 Å². The van der Waals surface area contributed by atoms with Crippen molar-refractivity contribution in [2.75, 3.05) is 26.7 Å². The van der Waals surface area contributed by atoms with Gasteiger partial charge in [-0.05, 0) is 45.3 Å². The van der Waals surface area contributed by atoms with Gasteiger partial charge < -0.3 is 10.2 Å². The molecule has 0 aromatic heterocycles. The van der Waals surface area contributed by atoms with E-state index in [1.807, 2.05) is 0 Å². The lowest BCUT2D eigenvalue weighted by atomic mass is 9.96. The van der Waals surface area contributed by atoms with Crippen molar-refractivity contribution in [1.29, 1.82) is 5.26 Å². The third kappa shape index (κ3) is 4.19. The monoisotopic (exact) mass is 209 g/mol. The minimum absolute atomic E-state index is 0.449. The summed E-state index contributed by atoms with van der Waals surface area (Å²) >= 11 is 0. The Morgan fingerprint density at radius 2 is 2.13 bits per heavy atom. The van der Waals surface area contributed by atoms with E-state index >= 15 is 0 Å². The van der Waals surface area contributed by atoms with Gasteiger partial charge in [0.15, 0.2) is 0 Å². The van der Waals surface area contributed by atoms with Crippen LogP contribution in [0.1, 0.15) is 32.6 Å². The molecule has 1 aliphatic rings. The second kappa shape index (κ2) is 6.81. The van der Waals surface area contributed by atoms with Crippen LogP contribution in [-0.2, 0) is 0 Å². The van der Waals surface area contributed by atoms with Crippen molar-refractivity contribution < 1.29 is 0 Å². The molecule has 86 valence electrons. The van der Waals surface area contributed by atoms with E-state index in [0.29, 0.717) is 12.5 Å². The largest absolute Gasteiger partial charge is 0.317 e. The van der Waals surface area contributed by atoms with Gasteiger partial charge >= 0.3 is 0 Å². The maximum Gasteiger partial charge on any atom is 0.0638 e. The molecule has 3 heteroatoms. The zero-order valence-electron chi connectivity index (χ0n) is 10.00. The minimum atomic E-state index is 0.449. The number of hydrogen-bond acceptors (Lipinski definition) is 3. The lowest BCUT2D eigenvalue weighted by Gasteiger charge is -2.31. The van der Waals surface area contributed by atoms with Gasteiger partial charge in [-0.2, -0.15) is 5.26 Å². The summed E-state index contributed by atoms with van der Waals surface area (Å²) in [6.45, 7) is 5.64. The molecule has 1 N–H and O–H groups in total. The molecule has 0 spiro atoms. The van der Waals surface area contributed by atoms with E-state index in [0.717, 1.165) is 32.0 Å². The van der Waals surface area contributed by atoms with Gasteiger partial charge in [0.2, 0.25) is 0 Å². The second-order valence-corrected chi connectivity index (χ2v) is 4.56. The van der Waals surface area contributed by atoms with E-state index in [2.05, 4.69) is 30.3 Å². The topological polar surface area (TPSA) is 39.1 Å². The highest BCUT2D eigenvalue weighted by molar-refractivity contribution is 4.82. The standard InChI is InChI=1S/C12H23N3/c1-3-12(4-7-13)15(2)10-11-5-8-14-9-6-11/h11-12,14H,3-6,8-10H2,1-2H3. The molecule has 0 saturated carbocycles. The molecule has 1 fully saturated rings. The normalized spacial score (nSPS) is 20.1. The lowest BCUT2D eigenvalue weighted by molar-refractivity contribution is 0.183. The summed E-state index contributed by atoms with van der Waals surface area (Å²) in [5, 5.41) is 12.1. The molecule has 0 amide bonds. The Morgan fingerprint density at radius 3 is 2.67 bits per heavy atom. The molecule has 1 rings (SSSR count). The fraction of sp³-hybridized carbons (Fsp3) is 0.917. The molecule has 1 saturated heterocycles. The molecular formula is C12H23N3. The summed E-state index contributed by atoms with van der Waals surface area (Å²) in [6.07, 6.45) is 4.31. The first-order valence-electron chi connectivity index (χ1n) is 6.05. The predicted octanol–water partition coefficient (Wildman–Crippen LogP) is 1.61. The van der Waals surface area contributed by atoms with Crippen molar-refractivity contribution in [2.45, 2.75) is 38.6 Å². The summed E-state index contributed by atoms with van der Waals surface area (Å²) in [7, 11) is 2.16. The SMILES string of the molecule is CCC(CC#N)N(C)CC1CCNCC1. The number of nitrogens with zero attached hydrogens (tertiary/aromatic N) is 2. The van der Waals surface area contributed by atoms with E-state index in [9.17, 15) is 0 Å². The summed E-state index contributed by atoms with van der Waals surface area (Å²) in [4.78, 5) is 2.37. The number of hydrogen-bond donors (Lipinski definition) is 1. The van der Waals surface area contributed by atoms with Gasteiger partial charge in [0.05, 0.1) is 12.5 Å². The summed E-state index contributed by atoms with van der Waals surface area (Å²) in [5.41, 5.74) is 0. The number of rotatable bonds is 5. The van der Waals surface area contributed by atoms with Gasteiger partial charge in [0, 0.05) is 12.6 Å². The molecule has 3 nitrogen and oxygen atoms in total. The molecule has 0 radical (unpaired) electrons. The van der Waals surface area contributed by atoms with Gasteiger partial charge in [-0.1, -0.05) is 6.92 Å². The Balaban J connectivity index is 2.31. The molecule has 0 bridgehead atoms. The summed E-state index contributed by atoms with van der Waals surface area (Å²) in [5.74, 6) is 0.823.